The Hall–Kier alpha value is -2.15. The summed E-state index contributed by atoms with van der Waals surface area (Å²) in [6, 6.07) is 20.5. The second kappa shape index (κ2) is 4.17. The van der Waals surface area contributed by atoms with Gasteiger partial charge in [-0.2, -0.15) is 0 Å². The minimum absolute atomic E-state index is 0.190. The van der Waals surface area contributed by atoms with Gasteiger partial charge in [0.1, 0.15) is 0 Å². The molecule has 0 saturated heterocycles. The van der Waals surface area contributed by atoms with Crippen LogP contribution in [-0.2, 0) is 10.2 Å². The molecular weight excluding hydrogens is 244 g/mol. The minimum Gasteiger partial charge on any atom is -0.298 e. The summed E-state index contributed by atoms with van der Waals surface area (Å²) in [5.41, 5.74) is 1.80. The van der Waals surface area contributed by atoms with Crippen LogP contribution in [-0.4, -0.2) is 5.78 Å². The molecule has 1 saturated carbocycles. The Balaban J connectivity index is 1.95. The molecule has 0 aromatic heterocycles. The van der Waals surface area contributed by atoms with Crippen molar-refractivity contribution in [2.24, 2.45) is 11.8 Å². The van der Waals surface area contributed by atoms with Crippen molar-refractivity contribution < 1.29 is 4.79 Å². The van der Waals surface area contributed by atoms with Gasteiger partial charge in [0.05, 0.1) is 5.41 Å². The highest BCUT2D eigenvalue weighted by Crippen LogP contribution is 2.57. The number of fused-ring (bicyclic) bond motifs is 1. The predicted molar refractivity (Wildman–Crippen MR) is 79.4 cm³/mol. The fourth-order valence-corrected chi connectivity index (χ4v) is 3.97. The zero-order valence-corrected chi connectivity index (χ0v) is 11.2. The molecule has 20 heavy (non-hydrogen) atoms. The average molecular weight is 260 g/mol. The molecule has 4 rings (SSSR count). The van der Waals surface area contributed by atoms with Crippen molar-refractivity contribution in [3.63, 3.8) is 0 Å². The van der Waals surface area contributed by atoms with E-state index in [0.29, 0.717) is 11.7 Å². The summed E-state index contributed by atoms with van der Waals surface area (Å²) in [4.78, 5) is 12.9. The van der Waals surface area contributed by atoms with Crippen LogP contribution in [0.3, 0.4) is 0 Å². The number of allylic oxidation sites excluding steroid dienone is 2. The van der Waals surface area contributed by atoms with Gasteiger partial charge in [0, 0.05) is 11.8 Å². The minimum atomic E-state index is -0.458. The van der Waals surface area contributed by atoms with Crippen molar-refractivity contribution >= 4 is 5.78 Å². The van der Waals surface area contributed by atoms with Gasteiger partial charge < -0.3 is 0 Å². The molecule has 0 heterocycles. The Morgan fingerprint density at radius 2 is 1.40 bits per heavy atom. The topological polar surface area (TPSA) is 17.1 Å². The Kier molecular flexibility index (Phi) is 2.43. The number of rotatable bonds is 2. The third-order valence-corrected chi connectivity index (χ3v) is 4.85. The molecular formula is C19H16O. The lowest BCUT2D eigenvalue weighted by Gasteiger charge is -2.51. The number of carbonyl (C=O) groups excluding carboxylic acids is 1. The number of hydrogen-bond acceptors (Lipinski definition) is 1. The van der Waals surface area contributed by atoms with Gasteiger partial charge in [-0.3, -0.25) is 4.79 Å². The monoisotopic (exact) mass is 260 g/mol. The fourth-order valence-electron chi connectivity index (χ4n) is 3.97. The molecule has 2 aliphatic carbocycles. The van der Waals surface area contributed by atoms with Crippen molar-refractivity contribution in [3.05, 3.63) is 83.9 Å². The molecule has 2 aliphatic rings. The van der Waals surface area contributed by atoms with Crippen molar-refractivity contribution in [2.45, 2.75) is 11.8 Å². The first-order valence-electron chi connectivity index (χ1n) is 7.17. The van der Waals surface area contributed by atoms with Crippen LogP contribution >= 0.6 is 0 Å². The number of benzene rings is 2. The van der Waals surface area contributed by atoms with E-state index >= 15 is 0 Å². The molecule has 0 N–H and O–H groups in total. The molecule has 0 bridgehead atoms. The van der Waals surface area contributed by atoms with E-state index < -0.39 is 5.41 Å². The molecule has 2 atom stereocenters. The first-order valence-corrected chi connectivity index (χ1v) is 7.17. The van der Waals surface area contributed by atoms with Crippen LogP contribution in [0, 0.1) is 11.8 Å². The summed E-state index contributed by atoms with van der Waals surface area (Å²) in [5, 5.41) is 0. The van der Waals surface area contributed by atoms with E-state index in [0.717, 1.165) is 17.5 Å². The van der Waals surface area contributed by atoms with E-state index in [1.807, 2.05) is 36.4 Å². The first-order chi connectivity index (χ1) is 9.85. The van der Waals surface area contributed by atoms with Crippen molar-refractivity contribution in [2.75, 3.05) is 0 Å². The third-order valence-electron chi connectivity index (χ3n) is 4.85. The molecule has 2 aromatic carbocycles. The Morgan fingerprint density at radius 1 is 0.850 bits per heavy atom. The van der Waals surface area contributed by atoms with Crippen LogP contribution in [0.4, 0.5) is 0 Å². The summed E-state index contributed by atoms with van der Waals surface area (Å²) in [6.07, 6.45) is 5.32. The molecule has 1 heteroatoms. The van der Waals surface area contributed by atoms with E-state index in [-0.39, 0.29) is 5.92 Å². The van der Waals surface area contributed by atoms with Gasteiger partial charge >= 0.3 is 0 Å². The predicted octanol–water partition coefficient (Wildman–Crippen LogP) is 3.75. The lowest BCUT2D eigenvalue weighted by atomic mass is 9.48. The summed E-state index contributed by atoms with van der Waals surface area (Å²) in [5.74, 6) is 0.889. The van der Waals surface area contributed by atoms with Gasteiger partial charge in [0.2, 0.25) is 0 Å². The summed E-state index contributed by atoms with van der Waals surface area (Å²) >= 11 is 0. The molecule has 1 fully saturated rings. The van der Waals surface area contributed by atoms with Crippen molar-refractivity contribution in [1.82, 2.24) is 0 Å². The second-order valence-corrected chi connectivity index (χ2v) is 5.70. The third kappa shape index (κ3) is 1.30. The molecule has 2 aromatic rings. The van der Waals surface area contributed by atoms with Crippen LogP contribution in [0.15, 0.2) is 72.8 Å². The van der Waals surface area contributed by atoms with E-state index in [1.54, 1.807) is 0 Å². The van der Waals surface area contributed by atoms with E-state index in [1.165, 1.54) is 0 Å². The van der Waals surface area contributed by atoms with Crippen molar-refractivity contribution in [3.8, 4) is 0 Å². The Labute approximate surface area is 119 Å². The highest BCUT2D eigenvalue weighted by atomic mass is 16.1. The molecule has 0 amide bonds. The maximum absolute atomic E-state index is 12.9. The normalized spacial score (nSPS) is 26.1. The SMILES string of the molecule is O=C1C2CC=CC2C1(c1ccccc1)c1ccccc1. The maximum atomic E-state index is 12.9. The number of Topliss-reactive ketones (excluding diaryl/α,β-unsaturated/α-hetero) is 1. The smallest absolute Gasteiger partial charge is 0.152 e. The zero-order valence-electron chi connectivity index (χ0n) is 11.2. The van der Waals surface area contributed by atoms with Crippen LogP contribution in [0.2, 0.25) is 0 Å². The average Bonchev–Trinajstić information content (AvgIpc) is 2.95. The highest BCUT2D eigenvalue weighted by Gasteiger charge is 2.63. The molecule has 0 radical (unpaired) electrons. The van der Waals surface area contributed by atoms with Crippen LogP contribution in [0.1, 0.15) is 17.5 Å². The first kappa shape index (κ1) is 11.7. The lowest BCUT2D eigenvalue weighted by Crippen LogP contribution is -2.59. The highest BCUT2D eigenvalue weighted by molar-refractivity contribution is 6.03. The number of ketones is 1. The van der Waals surface area contributed by atoms with E-state index in [4.69, 9.17) is 0 Å². The van der Waals surface area contributed by atoms with Crippen LogP contribution < -0.4 is 0 Å². The van der Waals surface area contributed by atoms with E-state index in [2.05, 4.69) is 36.4 Å². The second-order valence-electron chi connectivity index (χ2n) is 5.70. The summed E-state index contributed by atoms with van der Waals surface area (Å²) in [6.45, 7) is 0. The molecule has 1 nitrogen and oxygen atoms in total. The largest absolute Gasteiger partial charge is 0.298 e. The van der Waals surface area contributed by atoms with Gasteiger partial charge in [-0.05, 0) is 17.5 Å². The Morgan fingerprint density at radius 3 is 1.95 bits per heavy atom. The van der Waals surface area contributed by atoms with Gasteiger partial charge in [0.25, 0.3) is 0 Å². The number of hydrogen-bond donors (Lipinski definition) is 0. The van der Waals surface area contributed by atoms with E-state index in [9.17, 15) is 4.79 Å². The fraction of sp³-hybridized carbons (Fsp3) is 0.211. The zero-order chi connectivity index (χ0) is 13.6. The standard InChI is InChI=1S/C19H16O/c20-18-16-12-7-13-17(16)19(18,14-8-3-1-4-9-14)15-10-5-2-6-11-15/h1-11,13,16-17H,12H2. The quantitative estimate of drug-likeness (QED) is 0.752. The maximum Gasteiger partial charge on any atom is 0.152 e. The van der Waals surface area contributed by atoms with Crippen molar-refractivity contribution in [1.29, 1.82) is 0 Å². The summed E-state index contributed by atoms with van der Waals surface area (Å²) < 4.78 is 0. The molecule has 0 spiro atoms. The molecule has 0 aliphatic heterocycles. The van der Waals surface area contributed by atoms with Crippen LogP contribution in [0.25, 0.3) is 0 Å². The molecule has 2 unspecified atom stereocenters. The summed E-state index contributed by atoms with van der Waals surface area (Å²) in [7, 11) is 0. The van der Waals surface area contributed by atoms with Gasteiger partial charge in [-0.25, -0.2) is 0 Å². The molecule has 98 valence electrons. The van der Waals surface area contributed by atoms with Gasteiger partial charge in [-0.1, -0.05) is 72.8 Å². The number of carbonyl (C=O) groups is 1. The van der Waals surface area contributed by atoms with Crippen LogP contribution in [0.5, 0.6) is 0 Å². The lowest BCUT2D eigenvalue weighted by molar-refractivity contribution is -0.140. The Bertz CT molecular complexity index is 630. The van der Waals surface area contributed by atoms with Gasteiger partial charge in [0.15, 0.2) is 5.78 Å². The van der Waals surface area contributed by atoms with Gasteiger partial charge in [-0.15, -0.1) is 0 Å².